The number of rotatable bonds is 2. The van der Waals surface area contributed by atoms with Crippen molar-refractivity contribution in [2.45, 2.75) is 13.0 Å². The van der Waals surface area contributed by atoms with Crippen molar-refractivity contribution in [3.8, 4) is 0 Å². The Morgan fingerprint density at radius 2 is 2.00 bits per heavy atom. The van der Waals surface area contributed by atoms with Gasteiger partial charge in [0.2, 0.25) is 0 Å². The van der Waals surface area contributed by atoms with E-state index in [2.05, 4.69) is 9.97 Å². The van der Waals surface area contributed by atoms with Gasteiger partial charge in [0.1, 0.15) is 11.8 Å². The molecule has 0 bridgehead atoms. The number of hydrogen-bond donors (Lipinski definition) is 1. The van der Waals surface area contributed by atoms with Crippen LogP contribution in [0.5, 0.6) is 0 Å². The number of furan rings is 1. The highest BCUT2D eigenvalue weighted by atomic mass is 35.5. The second-order valence-corrected chi connectivity index (χ2v) is 4.81. The lowest BCUT2D eigenvalue weighted by Crippen LogP contribution is -2.14. The first-order valence-corrected chi connectivity index (χ1v) is 6.25. The molecular weight excluding hydrogens is 262 g/mol. The minimum absolute atomic E-state index is 0.496. The molecule has 0 saturated heterocycles. The zero-order valence-electron chi connectivity index (χ0n) is 10.3. The molecule has 4 nitrogen and oxygen atoms in total. The molecule has 0 aliphatic heterocycles. The highest BCUT2D eigenvalue weighted by molar-refractivity contribution is 6.34. The molecule has 2 N–H and O–H groups in total. The van der Waals surface area contributed by atoms with Crippen LogP contribution >= 0.6 is 11.6 Å². The fourth-order valence-corrected chi connectivity index (χ4v) is 2.11. The molecule has 2 aromatic heterocycles. The molecule has 1 atom stereocenters. The minimum Gasteiger partial charge on any atom is -0.457 e. The lowest BCUT2D eigenvalue weighted by molar-refractivity contribution is 0.515. The second kappa shape index (κ2) is 4.64. The molecule has 5 heteroatoms. The van der Waals surface area contributed by atoms with Crippen LogP contribution in [0.1, 0.15) is 23.2 Å². The largest absolute Gasteiger partial charge is 0.457 e. The fraction of sp³-hybridized carbons (Fsp3) is 0.143. The number of nitrogens with zero attached hydrogens (tertiary/aromatic N) is 2. The average Bonchev–Trinajstić information content (AvgIpc) is 2.84. The SMILES string of the molecule is Cc1cnc(C(N)c2cc3cccc(Cl)c3o2)nc1. The van der Waals surface area contributed by atoms with Crippen molar-refractivity contribution in [1.29, 1.82) is 0 Å². The predicted molar refractivity (Wildman–Crippen MR) is 74.0 cm³/mol. The predicted octanol–water partition coefficient (Wildman–Crippen LogP) is 3.23. The zero-order chi connectivity index (χ0) is 13.4. The first kappa shape index (κ1) is 12.1. The fourth-order valence-electron chi connectivity index (χ4n) is 1.89. The van der Waals surface area contributed by atoms with Gasteiger partial charge in [-0.25, -0.2) is 9.97 Å². The van der Waals surface area contributed by atoms with Crippen LogP contribution in [-0.2, 0) is 0 Å². The number of aryl methyl sites for hydroxylation is 1. The molecule has 0 aliphatic rings. The first-order valence-electron chi connectivity index (χ1n) is 5.87. The Kier molecular flexibility index (Phi) is 2.97. The normalized spacial score (nSPS) is 12.8. The van der Waals surface area contributed by atoms with Crippen molar-refractivity contribution < 1.29 is 4.42 Å². The van der Waals surface area contributed by atoms with E-state index in [1.807, 2.05) is 25.1 Å². The van der Waals surface area contributed by atoms with Gasteiger partial charge in [-0.15, -0.1) is 0 Å². The molecule has 3 aromatic rings. The van der Waals surface area contributed by atoms with Gasteiger partial charge in [0.15, 0.2) is 11.4 Å². The highest BCUT2D eigenvalue weighted by Gasteiger charge is 2.17. The van der Waals surface area contributed by atoms with Crippen LogP contribution in [0.15, 0.2) is 41.1 Å². The molecular formula is C14H12ClN3O. The van der Waals surface area contributed by atoms with Crippen molar-refractivity contribution in [2.24, 2.45) is 5.73 Å². The summed E-state index contributed by atoms with van der Waals surface area (Å²) in [4.78, 5) is 8.44. The van der Waals surface area contributed by atoms with Crippen molar-refractivity contribution in [3.05, 3.63) is 58.8 Å². The lowest BCUT2D eigenvalue weighted by Gasteiger charge is -2.06. The average molecular weight is 274 g/mol. The van der Waals surface area contributed by atoms with E-state index >= 15 is 0 Å². The van der Waals surface area contributed by atoms with E-state index in [0.29, 0.717) is 22.2 Å². The molecule has 96 valence electrons. The third-order valence-electron chi connectivity index (χ3n) is 2.90. The molecule has 2 heterocycles. The monoisotopic (exact) mass is 273 g/mol. The van der Waals surface area contributed by atoms with Gasteiger partial charge < -0.3 is 10.2 Å². The molecule has 0 spiro atoms. The summed E-state index contributed by atoms with van der Waals surface area (Å²) in [6.45, 7) is 1.93. The van der Waals surface area contributed by atoms with Crippen LogP contribution in [0.3, 0.4) is 0 Å². The second-order valence-electron chi connectivity index (χ2n) is 4.40. The maximum absolute atomic E-state index is 6.12. The van der Waals surface area contributed by atoms with Crippen LogP contribution in [-0.4, -0.2) is 9.97 Å². The standard InChI is InChI=1S/C14H12ClN3O/c1-8-6-17-14(18-7-8)12(16)11-5-9-3-2-4-10(15)13(9)19-11/h2-7,12H,16H2,1H3. The number of fused-ring (bicyclic) bond motifs is 1. The smallest absolute Gasteiger partial charge is 0.152 e. The Balaban J connectivity index is 2.04. The summed E-state index contributed by atoms with van der Waals surface area (Å²) in [5.41, 5.74) is 7.75. The van der Waals surface area contributed by atoms with E-state index in [0.717, 1.165) is 10.9 Å². The van der Waals surface area contributed by atoms with E-state index in [9.17, 15) is 0 Å². The van der Waals surface area contributed by atoms with Crippen LogP contribution in [0.2, 0.25) is 5.02 Å². The Bertz CT molecular complexity index is 721. The summed E-state index contributed by atoms with van der Waals surface area (Å²) in [5, 5.41) is 1.49. The minimum atomic E-state index is -0.496. The van der Waals surface area contributed by atoms with Gasteiger partial charge in [0.05, 0.1) is 5.02 Å². The molecule has 0 radical (unpaired) electrons. The summed E-state index contributed by atoms with van der Waals surface area (Å²) in [6, 6.07) is 6.96. The van der Waals surface area contributed by atoms with E-state index in [-0.39, 0.29) is 0 Å². The Hall–Kier alpha value is -1.91. The maximum Gasteiger partial charge on any atom is 0.152 e. The Labute approximate surface area is 115 Å². The van der Waals surface area contributed by atoms with Crippen LogP contribution < -0.4 is 5.73 Å². The molecule has 0 aliphatic carbocycles. The van der Waals surface area contributed by atoms with Crippen LogP contribution in [0.25, 0.3) is 11.0 Å². The van der Waals surface area contributed by atoms with Crippen LogP contribution in [0.4, 0.5) is 0 Å². The molecule has 1 unspecified atom stereocenters. The van der Waals surface area contributed by atoms with E-state index in [4.69, 9.17) is 21.8 Å². The topological polar surface area (TPSA) is 64.9 Å². The van der Waals surface area contributed by atoms with Gasteiger partial charge >= 0.3 is 0 Å². The maximum atomic E-state index is 6.12. The zero-order valence-corrected chi connectivity index (χ0v) is 11.1. The molecule has 0 saturated carbocycles. The summed E-state index contributed by atoms with van der Waals surface area (Å²) in [6.07, 6.45) is 3.47. The van der Waals surface area contributed by atoms with Gasteiger partial charge in [0.25, 0.3) is 0 Å². The Morgan fingerprint density at radius 1 is 1.26 bits per heavy atom. The molecule has 1 aromatic carbocycles. The number of para-hydroxylation sites is 1. The molecule has 0 fully saturated rings. The third-order valence-corrected chi connectivity index (χ3v) is 3.20. The first-order chi connectivity index (χ1) is 9.15. The lowest BCUT2D eigenvalue weighted by atomic mass is 10.2. The van der Waals surface area contributed by atoms with Crippen molar-refractivity contribution >= 4 is 22.6 Å². The van der Waals surface area contributed by atoms with Gasteiger partial charge in [0, 0.05) is 17.8 Å². The molecule has 19 heavy (non-hydrogen) atoms. The molecule has 0 amide bonds. The summed E-state index contributed by atoms with van der Waals surface area (Å²) in [7, 11) is 0. The van der Waals surface area contributed by atoms with E-state index < -0.39 is 6.04 Å². The van der Waals surface area contributed by atoms with Gasteiger partial charge in [-0.1, -0.05) is 23.7 Å². The van der Waals surface area contributed by atoms with E-state index in [1.54, 1.807) is 18.5 Å². The van der Waals surface area contributed by atoms with Gasteiger partial charge in [-0.05, 0) is 24.6 Å². The van der Waals surface area contributed by atoms with Crippen molar-refractivity contribution in [3.63, 3.8) is 0 Å². The van der Waals surface area contributed by atoms with Crippen molar-refractivity contribution in [1.82, 2.24) is 9.97 Å². The highest BCUT2D eigenvalue weighted by Crippen LogP contribution is 2.29. The molecule has 3 rings (SSSR count). The number of aromatic nitrogens is 2. The summed E-state index contributed by atoms with van der Waals surface area (Å²) >= 11 is 6.08. The van der Waals surface area contributed by atoms with Gasteiger partial charge in [-0.2, -0.15) is 0 Å². The number of nitrogens with two attached hydrogens (primary N) is 1. The van der Waals surface area contributed by atoms with Crippen LogP contribution in [0, 0.1) is 6.92 Å². The number of halogens is 1. The third kappa shape index (κ3) is 2.20. The number of benzene rings is 1. The van der Waals surface area contributed by atoms with E-state index in [1.165, 1.54) is 0 Å². The summed E-state index contributed by atoms with van der Waals surface area (Å²) in [5.74, 6) is 1.13. The Morgan fingerprint density at radius 3 is 2.68 bits per heavy atom. The quantitative estimate of drug-likeness (QED) is 0.778. The number of hydrogen-bond acceptors (Lipinski definition) is 4. The summed E-state index contributed by atoms with van der Waals surface area (Å²) < 4.78 is 5.71. The van der Waals surface area contributed by atoms with Gasteiger partial charge in [-0.3, -0.25) is 0 Å². The van der Waals surface area contributed by atoms with Crippen molar-refractivity contribution in [2.75, 3.05) is 0 Å².